The van der Waals surface area contributed by atoms with Gasteiger partial charge in [0, 0.05) is 14.2 Å². The largest absolute Gasteiger partial charge is 0.496 e. The Morgan fingerprint density at radius 3 is 2.14 bits per heavy atom. The minimum Gasteiger partial charge on any atom is -0.496 e. The Labute approximate surface area is 86.6 Å². The van der Waals surface area contributed by atoms with Crippen LogP contribution in [0.3, 0.4) is 0 Å². The summed E-state index contributed by atoms with van der Waals surface area (Å²) in [6, 6.07) is 7.58. The van der Waals surface area contributed by atoms with E-state index in [4.69, 9.17) is 14.2 Å². The molecule has 0 spiro atoms. The van der Waals surface area contributed by atoms with Gasteiger partial charge in [-0.15, -0.1) is 0 Å². The number of methoxy groups -OCH3 is 3. The Kier molecular flexibility index (Phi) is 3.87. The highest BCUT2D eigenvalue weighted by Gasteiger charge is 2.28. The summed E-state index contributed by atoms with van der Waals surface area (Å²) in [4.78, 5) is 0. The lowest BCUT2D eigenvalue weighted by atomic mass is 10.2. The lowest BCUT2D eigenvalue weighted by Crippen LogP contribution is -2.23. The van der Waals surface area contributed by atoms with Crippen LogP contribution >= 0.6 is 9.24 Å². The summed E-state index contributed by atoms with van der Waals surface area (Å²) in [7, 11) is 7.31. The molecule has 14 heavy (non-hydrogen) atoms. The first kappa shape index (κ1) is 11.4. The molecule has 1 rings (SSSR count). The lowest BCUT2D eigenvalue weighted by Gasteiger charge is -2.27. The Hall–Kier alpha value is -0.630. The van der Waals surface area contributed by atoms with Crippen LogP contribution in [0.15, 0.2) is 24.3 Å². The average molecular weight is 214 g/mol. The molecule has 4 heteroatoms. The molecular weight excluding hydrogens is 199 g/mol. The average Bonchev–Trinajstić information content (AvgIpc) is 2.28. The summed E-state index contributed by atoms with van der Waals surface area (Å²) in [5.74, 6) is 0.742. The number of benzene rings is 1. The summed E-state index contributed by atoms with van der Waals surface area (Å²) in [6.07, 6.45) is 0. The van der Waals surface area contributed by atoms with Crippen molar-refractivity contribution in [1.82, 2.24) is 0 Å². The maximum atomic E-state index is 5.28. The first-order valence-electron chi connectivity index (χ1n) is 4.20. The molecule has 0 radical (unpaired) electrons. The number of hydrogen-bond acceptors (Lipinski definition) is 3. The smallest absolute Gasteiger partial charge is 0.210 e. The lowest BCUT2D eigenvalue weighted by molar-refractivity contribution is -0.142. The fourth-order valence-corrected chi connectivity index (χ4v) is 1.47. The van der Waals surface area contributed by atoms with Gasteiger partial charge in [0.15, 0.2) is 0 Å². The van der Waals surface area contributed by atoms with Crippen molar-refractivity contribution in [3.05, 3.63) is 29.8 Å². The molecule has 0 bridgehead atoms. The van der Waals surface area contributed by atoms with Crippen molar-refractivity contribution in [2.45, 2.75) is 5.53 Å². The molecule has 0 heterocycles. The van der Waals surface area contributed by atoms with Gasteiger partial charge in [-0.1, -0.05) is 21.4 Å². The van der Waals surface area contributed by atoms with Gasteiger partial charge < -0.3 is 14.2 Å². The Morgan fingerprint density at radius 2 is 1.64 bits per heavy atom. The minimum absolute atomic E-state index is 0.742. The zero-order chi connectivity index (χ0) is 10.6. The Bertz CT molecular complexity index is 297. The van der Waals surface area contributed by atoms with Crippen molar-refractivity contribution >= 4 is 9.24 Å². The monoisotopic (exact) mass is 214 g/mol. The van der Waals surface area contributed by atoms with Crippen molar-refractivity contribution < 1.29 is 14.2 Å². The fraction of sp³-hybridized carbons (Fsp3) is 0.400. The third-order valence-corrected chi connectivity index (χ3v) is 2.87. The standard InChI is InChI=1S/C10H15O3P/c1-11-9-7-5-4-6-8(9)10(14,12-2)13-3/h4-7H,14H2,1-3H3. The molecule has 78 valence electrons. The van der Waals surface area contributed by atoms with Crippen LogP contribution in [0.1, 0.15) is 5.56 Å². The maximum Gasteiger partial charge on any atom is 0.210 e. The van der Waals surface area contributed by atoms with E-state index in [-0.39, 0.29) is 0 Å². The van der Waals surface area contributed by atoms with Crippen molar-refractivity contribution in [3.8, 4) is 5.75 Å². The third kappa shape index (κ3) is 2.06. The summed E-state index contributed by atoms with van der Waals surface area (Å²) < 4.78 is 15.8. The predicted molar refractivity (Wildman–Crippen MR) is 58.4 cm³/mol. The van der Waals surface area contributed by atoms with E-state index < -0.39 is 5.53 Å². The zero-order valence-electron chi connectivity index (χ0n) is 8.61. The molecule has 0 saturated carbocycles. The Morgan fingerprint density at radius 1 is 1.07 bits per heavy atom. The second-order valence-electron chi connectivity index (χ2n) is 2.78. The van der Waals surface area contributed by atoms with Gasteiger partial charge in [0.25, 0.3) is 0 Å². The summed E-state index contributed by atoms with van der Waals surface area (Å²) in [5.41, 5.74) is 0.00424. The van der Waals surface area contributed by atoms with Gasteiger partial charge in [0.2, 0.25) is 5.53 Å². The van der Waals surface area contributed by atoms with E-state index in [0.29, 0.717) is 0 Å². The number of hydrogen-bond donors (Lipinski definition) is 0. The molecule has 1 aromatic rings. The highest BCUT2D eigenvalue weighted by atomic mass is 31.0. The van der Waals surface area contributed by atoms with E-state index in [9.17, 15) is 0 Å². The SMILES string of the molecule is COc1ccccc1C(P)(OC)OC. The van der Waals surface area contributed by atoms with Crippen LogP contribution in [0.5, 0.6) is 5.75 Å². The van der Waals surface area contributed by atoms with Gasteiger partial charge >= 0.3 is 0 Å². The van der Waals surface area contributed by atoms with Crippen LogP contribution < -0.4 is 4.74 Å². The van der Waals surface area contributed by atoms with Gasteiger partial charge in [-0.3, -0.25) is 0 Å². The number of rotatable bonds is 4. The molecular formula is C10H15O3P. The molecule has 0 aromatic heterocycles. The molecule has 1 unspecified atom stereocenters. The van der Waals surface area contributed by atoms with E-state index in [1.165, 1.54) is 0 Å². The van der Waals surface area contributed by atoms with Gasteiger partial charge in [-0.2, -0.15) is 0 Å². The molecule has 0 N–H and O–H groups in total. The molecule has 1 aromatic carbocycles. The van der Waals surface area contributed by atoms with Crippen molar-refractivity contribution in [1.29, 1.82) is 0 Å². The third-order valence-electron chi connectivity index (χ3n) is 2.09. The van der Waals surface area contributed by atoms with Crippen LogP contribution in [0.4, 0.5) is 0 Å². The van der Waals surface area contributed by atoms with Crippen molar-refractivity contribution in [2.75, 3.05) is 21.3 Å². The first-order chi connectivity index (χ1) is 6.68. The van der Waals surface area contributed by atoms with E-state index in [0.717, 1.165) is 11.3 Å². The molecule has 0 aliphatic rings. The van der Waals surface area contributed by atoms with Crippen LogP contribution in [0.2, 0.25) is 0 Å². The summed E-state index contributed by atoms with van der Waals surface area (Å²) in [6.45, 7) is 0. The highest BCUT2D eigenvalue weighted by molar-refractivity contribution is 7.17. The molecule has 0 aliphatic heterocycles. The molecule has 0 saturated heterocycles. The second-order valence-corrected chi connectivity index (χ2v) is 3.54. The Balaban J connectivity index is 3.15. The quantitative estimate of drug-likeness (QED) is 0.566. The summed E-state index contributed by atoms with van der Waals surface area (Å²) in [5, 5.41) is 0. The van der Waals surface area contributed by atoms with E-state index in [1.807, 2.05) is 24.3 Å². The molecule has 1 atom stereocenters. The van der Waals surface area contributed by atoms with E-state index in [2.05, 4.69) is 9.24 Å². The van der Waals surface area contributed by atoms with E-state index in [1.54, 1.807) is 21.3 Å². The van der Waals surface area contributed by atoms with Crippen molar-refractivity contribution in [2.24, 2.45) is 0 Å². The number of para-hydroxylation sites is 1. The topological polar surface area (TPSA) is 27.7 Å². The molecule has 3 nitrogen and oxygen atoms in total. The van der Waals surface area contributed by atoms with E-state index >= 15 is 0 Å². The highest BCUT2D eigenvalue weighted by Crippen LogP contribution is 2.38. The number of ether oxygens (including phenoxy) is 3. The van der Waals surface area contributed by atoms with Crippen LogP contribution in [0, 0.1) is 0 Å². The van der Waals surface area contributed by atoms with Gasteiger partial charge in [0.1, 0.15) is 5.75 Å². The van der Waals surface area contributed by atoms with Crippen LogP contribution in [-0.2, 0) is 15.0 Å². The normalized spacial score (nSPS) is 11.4. The fourth-order valence-electron chi connectivity index (χ4n) is 1.24. The second kappa shape index (κ2) is 4.74. The minimum atomic E-state index is -0.841. The predicted octanol–water partition coefficient (Wildman–Crippen LogP) is 1.97. The van der Waals surface area contributed by atoms with Gasteiger partial charge in [-0.25, -0.2) is 0 Å². The molecule has 0 fully saturated rings. The zero-order valence-corrected chi connectivity index (χ0v) is 9.77. The molecule has 0 aliphatic carbocycles. The van der Waals surface area contributed by atoms with Gasteiger partial charge in [-0.05, 0) is 12.1 Å². The first-order valence-corrected chi connectivity index (χ1v) is 4.78. The van der Waals surface area contributed by atoms with Gasteiger partial charge in [0.05, 0.1) is 12.7 Å². The maximum absolute atomic E-state index is 5.28. The summed E-state index contributed by atoms with van der Waals surface area (Å²) >= 11 is 0. The molecule has 0 amide bonds. The van der Waals surface area contributed by atoms with Crippen molar-refractivity contribution in [3.63, 3.8) is 0 Å². The van der Waals surface area contributed by atoms with Crippen LogP contribution in [0.25, 0.3) is 0 Å². The van der Waals surface area contributed by atoms with Crippen LogP contribution in [-0.4, -0.2) is 21.3 Å².